The molecule has 0 aliphatic rings. The molecule has 0 fully saturated rings. The van der Waals surface area contributed by atoms with Gasteiger partial charge in [0.05, 0.1) is 0 Å². The van der Waals surface area contributed by atoms with Crippen LogP contribution in [0.4, 0.5) is 0 Å². The predicted octanol–water partition coefficient (Wildman–Crippen LogP) is -0.191. The van der Waals surface area contributed by atoms with E-state index in [2.05, 4.69) is 0 Å². The van der Waals surface area contributed by atoms with E-state index in [1.165, 1.54) is 0 Å². The van der Waals surface area contributed by atoms with Crippen LogP contribution in [0.25, 0.3) is 0 Å². The van der Waals surface area contributed by atoms with E-state index in [0.717, 1.165) is 6.92 Å². The monoisotopic (exact) mass is 185 g/mol. The van der Waals surface area contributed by atoms with E-state index in [0.29, 0.717) is 6.21 Å². The molecule has 5 nitrogen and oxygen atoms in total. The number of rotatable bonds is 1. The zero-order chi connectivity index (χ0) is 7.86. The Bertz CT molecular complexity index is 120. The first-order valence-corrected chi connectivity index (χ1v) is 1.93. The van der Waals surface area contributed by atoms with Gasteiger partial charge in [0.15, 0.2) is 0 Å². The summed E-state index contributed by atoms with van der Waals surface area (Å²) >= 11 is 0. The Hall–Kier alpha value is -0.858. The van der Waals surface area contributed by atoms with Gasteiger partial charge in [-0.15, -0.1) is 0 Å². The third-order valence-corrected chi connectivity index (χ3v) is 0.123. The fraction of sp³-hybridized carbons (Fsp3) is 0.250. The first-order valence-electron chi connectivity index (χ1n) is 1.93. The molecule has 0 aliphatic carbocycles. The van der Waals surface area contributed by atoms with Crippen LogP contribution >= 0.6 is 0 Å². The Morgan fingerprint density at radius 2 is 1.50 bits per heavy atom. The minimum absolute atomic E-state index is 0. The van der Waals surface area contributed by atoms with Crippen molar-refractivity contribution >= 4 is 18.2 Å². The number of carboxylic acids is 2. The molecule has 0 radical (unpaired) electrons. The second kappa shape index (κ2) is 11.0. The Morgan fingerprint density at radius 1 is 1.40 bits per heavy atom. The van der Waals surface area contributed by atoms with Crippen LogP contribution in [-0.4, -0.2) is 28.4 Å². The van der Waals surface area contributed by atoms with E-state index in [-0.39, 0.29) is 17.4 Å². The fourth-order valence-corrected chi connectivity index (χ4v) is 0. The van der Waals surface area contributed by atoms with Crippen molar-refractivity contribution in [2.45, 2.75) is 6.92 Å². The van der Waals surface area contributed by atoms with Crippen LogP contribution in [0.15, 0.2) is 0 Å². The Kier molecular flexibility index (Phi) is 17.7. The van der Waals surface area contributed by atoms with Gasteiger partial charge in [-0.2, -0.15) is 0 Å². The molecule has 0 unspecified atom stereocenters. The largest absolute Gasteiger partial charge is 0.481 e. The summed E-state index contributed by atoms with van der Waals surface area (Å²) in [7, 11) is 0. The van der Waals surface area contributed by atoms with Crippen LogP contribution in [0.3, 0.4) is 0 Å². The van der Waals surface area contributed by atoms with Crippen LogP contribution < -0.4 is 0 Å². The van der Waals surface area contributed by atoms with Crippen molar-refractivity contribution in [2.24, 2.45) is 0 Å². The second-order valence-corrected chi connectivity index (χ2v) is 1.00. The number of nitrogens with one attached hydrogen (secondary N) is 1. The van der Waals surface area contributed by atoms with Crippen molar-refractivity contribution < 1.29 is 37.2 Å². The Balaban J connectivity index is -0.0000000910. The molecule has 0 aliphatic heterocycles. The maximum absolute atomic E-state index is 9.12. The van der Waals surface area contributed by atoms with E-state index >= 15 is 0 Å². The summed E-state index contributed by atoms with van der Waals surface area (Å²) in [4.78, 5) is 18.1. The number of aliphatic carboxylic acids is 2. The average Bonchev–Trinajstić information content (AvgIpc) is 1.65. The summed E-state index contributed by atoms with van der Waals surface area (Å²) in [5.41, 5.74) is 0. The summed E-state index contributed by atoms with van der Waals surface area (Å²) in [5, 5.41) is 20.8. The van der Waals surface area contributed by atoms with Gasteiger partial charge in [0, 0.05) is 24.3 Å². The normalized spacial score (nSPS) is 5.70. The maximum Gasteiger partial charge on any atom is 0.346 e. The second-order valence-electron chi connectivity index (χ2n) is 1.00. The van der Waals surface area contributed by atoms with Gasteiger partial charge in [0.25, 0.3) is 5.97 Å². The van der Waals surface area contributed by atoms with Gasteiger partial charge < -0.3 is 15.6 Å². The van der Waals surface area contributed by atoms with Gasteiger partial charge in [0.1, 0.15) is 6.21 Å². The fourth-order valence-electron chi connectivity index (χ4n) is 0. The Labute approximate surface area is 68.3 Å². The zero-order valence-electron chi connectivity index (χ0n) is 5.20. The van der Waals surface area contributed by atoms with Gasteiger partial charge in [-0.05, 0) is 0 Å². The molecule has 3 N–H and O–H groups in total. The third-order valence-electron chi connectivity index (χ3n) is 0.123. The number of hydrogen-bond donors (Lipinski definition) is 3. The summed E-state index contributed by atoms with van der Waals surface area (Å²) in [6, 6.07) is 0. The number of hydrogen-bond acceptors (Lipinski definition) is 3. The molecule has 0 aromatic rings. The summed E-state index contributed by atoms with van der Waals surface area (Å²) in [5.74, 6) is -2.04. The van der Waals surface area contributed by atoms with E-state index in [4.69, 9.17) is 25.2 Å². The molecule has 6 heteroatoms. The maximum atomic E-state index is 9.12. The summed E-state index contributed by atoms with van der Waals surface area (Å²) in [6.07, 6.45) is 0.333. The molecule has 58 valence electrons. The molecule has 10 heavy (non-hydrogen) atoms. The quantitative estimate of drug-likeness (QED) is 0.493. The molecule has 0 spiro atoms. The van der Waals surface area contributed by atoms with E-state index in [9.17, 15) is 0 Å². The van der Waals surface area contributed by atoms with Gasteiger partial charge in [-0.3, -0.25) is 4.79 Å². The molecule has 0 saturated heterocycles. The van der Waals surface area contributed by atoms with E-state index < -0.39 is 11.9 Å². The molecule has 0 rings (SSSR count). The predicted molar refractivity (Wildman–Crippen MR) is 29.7 cm³/mol. The third kappa shape index (κ3) is 206. The van der Waals surface area contributed by atoms with E-state index in [1.54, 1.807) is 0 Å². The molecule has 0 aromatic heterocycles. The van der Waals surface area contributed by atoms with Crippen molar-refractivity contribution in [3.8, 4) is 0 Å². The Morgan fingerprint density at radius 3 is 1.50 bits per heavy atom. The smallest absolute Gasteiger partial charge is 0.346 e. The topological polar surface area (TPSA) is 98.5 Å². The first kappa shape index (κ1) is 16.1. The van der Waals surface area contributed by atoms with Crippen molar-refractivity contribution in [1.29, 1.82) is 5.41 Å². The van der Waals surface area contributed by atoms with Crippen LogP contribution in [0.5, 0.6) is 0 Å². The molecule has 0 atom stereocenters. The summed E-state index contributed by atoms with van der Waals surface area (Å²) < 4.78 is 0. The summed E-state index contributed by atoms with van der Waals surface area (Å²) in [6.45, 7) is 1.08. The molecule has 0 saturated carbocycles. The van der Waals surface area contributed by atoms with Gasteiger partial charge in [0.2, 0.25) is 0 Å². The minimum Gasteiger partial charge on any atom is -0.481 e. The van der Waals surface area contributed by atoms with Crippen LogP contribution in [0.2, 0.25) is 0 Å². The number of carboxylic acid groups (broad SMARTS) is 2. The van der Waals surface area contributed by atoms with Crippen molar-refractivity contribution in [3.63, 3.8) is 0 Å². The van der Waals surface area contributed by atoms with Gasteiger partial charge in [-0.25, -0.2) is 4.79 Å². The van der Waals surface area contributed by atoms with Crippen LogP contribution in [-0.2, 0) is 27.0 Å². The van der Waals surface area contributed by atoms with Crippen molar-refractivity contribution in [1.82, 2.24) is 0 Å². The van der Waals surface area contributed by atoms with Crippen molar-refractivity contribution in [3.05, 3.63) is 0 Å². The van der Waals surface area contributed by atoms with Crippen LogP contribution in [0, 0.1) is 5.41 Å². The average molecular weight is 185 g/mol. The molecular formula is C4H7CrNO4. The standard InChI is InChI=1S/C2H3NO2.C2H4O2.Cr/c3-1-2(4)5;1-2(3)4;/h1,3H,(H,4,5);1H3,(H,3,4);. The SMILES string of the molecule is CC(=O)O.N=CC(=O)O.[Cr]. The van der Waals surface area contributed by atoms with Crippen LogP contribution in [0.1, 0.15) is 6.92 Å². The molecule has 0 aromatic carbocycles. The first-order chi connectivity index (χ1) is 4.00. The molecule has 0 amide bonds. The van der Waals surface area contributed by atoms with Gasteiger partial charge >= 0.3 is 5.97 Å². The minimum atomic E-state index is -1.20. The molecular weight excluding hydrogens is 178 g/mol. The number of carbonyl (C=O) groups is 2. The van der Waals surface area contributed by atoms with Crippen molar-refractivity contribution in [2.75, 3.05) is 0 Å². The zero-order valence-corrected chi connectivity index (χ0v) is 6.47. The molecule has 0 bridgehead atoms. The van der Waals surface area contributed by atoms with E-state index in [1.807, 2.05) is 0 Å². The van der Waals surface area contributed by atoms with Gasteiger partial charge in [-0.1, -0.05) is 0 Å². The molecule has 0 heterocycles.